The third-order valence-corrected chi connectivity index (χ3v) is 7.72. The Morgan fingerprint density at radius 2 is 1.61 bits per heavy atom. The van der Waals surface area contributed by atoms with Crippen molar-refractivity contribution in [2.24, 2.45) is 0 Å². The molecule has 0 unspecified atom stereocenters. The minimum atomic E-state index is -3.86. The van der Waals surface area contributed by atoms with Gasteiger partial charge in [0.25, 0.3) is 0 Å². The average molecular weight is 606 g/mol. The van der Waals surface area contributed by atoms with E-state index in [1.807, 2.05) is 44.2 Å². The summed E-state index contributed by atoms with van der Waals surface area (Å²) in [4.78, 5) is 28.7. The smallest absolute Gasteiger partial charge is 0.243 e. The quantitative estimate of drug-likeness (QED) is 0.285. The second-order valence-corrected chi connectivity index (χ2v) is 12.4. The van der Waals surface area contributed by atoms with Crippen molar-refractivity contribution in [1.82, 2.24) is 10.2 Å². The van der Waals surface area contributed by atoms with E-state index in [4.69, 9.17) is 11.6 Å². The molecule has 0 aromatic heterocycles. The van der Waals surface area contributed by atoms with Crippen molar-refractivity contribution in [2.75, 3.05) is 17.1 Å². The van der Waals surface area contributed by atoms with E-state index in [9.17, 15) is 26.8 Å². The zero-order valence-corrected chi connectivity index (χ0v) is 24.8. The van der Waals surface area contributed by atoms with Crippen LogP contribution in [0.1, 0.15) is 37.8 Å². The molecule has 3 aromatic carbocycles. The van der Waals surface area contributed by atoms with E-state index in [-0.39, 0.29) is 55.9 Å². The number of hydrogen-bond acceptors (Lipinski definition) is 4. The summed E-state index contributed by atoms with van der Waals surface area (Å²) in [6, 6.07) is 18.1. The van der Waals surface area contributed by atoms with Crippen LogP contribution in [-0.2, 0) is 32.6 Å². The molecule has 0 bridgehead atoms. The number of nitrogens with one attached hydrogen (secondary N) is 1. The third-order valence-electron chi connectivity index (χ3n) is 6.29. The maximum Gasteiger partial charge on any atom is 0.243 e. The highest BCUT2D eigenvalue weighted by molar-refractivity contribution is 7.92. The van der Waals surface area contributed by atoms with Crippen molar-refractivity contribution in [3.63, 3.8) is 0 Å². The number of sulfonamides is 1. The zero-order valence-electron chi connectivity index (χ0n) is 23.2. The first-order chi connectivity index (χ1) is 19.3. The summed E-state index contributed by atoms with van der Waals surface area (Å²) in [5.74, 6) is -2.97. The van der Waals surface area contributed by atoms with E-state index in [0.29, 0.717) is 5.02 Å². The van der Waals surface area contributed by atoms with E-state index in [1.165, 1.54) is 11.0 Å². The number of benzene rings is 3. The van der Waals surface area contributed by atoms with Crippen molar-refractivity contribution >= 4 is 39.1 Å². The Kier molecular flexibility index (Phi) is 11.3. The summed E-state index contributed by atoms with van der Waals surface area (Å²) in [7, 11) is -3.86. The van der Waals surface area contributed by atoms with Crippen LogP contribution in [0.2, 0.25) is 5.02 Å². The van der Waals surface area contributed by atoms with E-state index in [1.54, 1.807) is 24.3 Å². The second-order valence-electron chi connectivity index (χ2n) is 10.1. The standard InChI is InChI=1S/C30H34ClF2N3O4S/c1-21(2)34-30(38)28(18-22-9-5-4-6-10-22)35(20-23-11-7-12-24(31)17-23)29(37)13-8-16-36(41(3,39)40)25-14-15-26(32)27(33)19-25/h4-7,9-12,14-15,17,19,21,28H,8,13,16,18,20H2,1-3H3,(H,34,38)/t28-/m0/s1. The van der Waals surface area contributed by atoms with Gasteiger partial charge in [0.2, 0.25) is 21.8 Å². The molecule has 41 heavy (non-hydrogen) atoms. The van der Waals surface area contributed by atoms with E-state index >= 15 is 0 Å². The van der Waals surface area contributed by atoms with Crippen LogP contribution >= 0.6 is 11.6 Å². The lowest BCUT2D eigenvalue weighted by Gasteiger charge is -2.32. The fourth-order valence-corrected chi connectivity index (χ4v) is 5.58. The van der Waals surface area contributed by atoms with E-state index in [0.717, 1.165) is 33.8 Å². The SMILES string of the molecule is CC(C)NC(=O)[C@H](Cc1ccccc1)N(Cc1cccc(Cl)c1)C(=O)CCCN(c1ccc(F)c(F)c1)S(C)(=O)=O. The predicted octanol–water partition coefficient (Wildman–Crippen LogP) is 5.33. The Morgan fingerprint density at radius 1 is 0.927 bits per heavy atom. The van der Waals surface area contributed by atoms with Gasteiger partial charge in [0.1, 0.15) is 6.04 Å². The van der Waals surface area contributed by atoms with Crippen molar-refractivity contribution in [1.29, 1.82) is 0 Å². The molecule has 0 saturated heterocycles. The molecule has 0 spiro atoms. The minimum Gasteiger partial charge on any atom is -0.352 e. The summed E-state index contributed by atoms with van der Waals surface area (Å²) in [5, 5.41) is 3.39. The molecule has 0 radical (unpaired) electrons. The van der Waals surface area contributed by atoms with E-state index in [2.05, 4.69) is 5.32 Å². The molecule has 3 aromatic rings. The van der Waals surface area contributed by atoms with Gasteiger partial charge in [-0.25, -0.2) is 17.2 Å². The number of anilines is 1. The lowest BCUT2D eigenvalue weighted by atomic mass is 10.0. The van der Waals surface area contributed by atoms with Crippen LogP contribution < -0.4 is 9.62 Å². The summed E-state index contributed by atoms with van der Waals surface area (Å²) >= 11 is 6.19. The van der Waals surface area contributed by atoms with Crippen molar-refractivity contribution < 1.29 is 26.8 Å². The molecule has 1 N–H and O–H groups in total. The van der Waals surface area contributed by atoms with Crippen LogP contribution in [0.5, 0.6) is 0 Å². The summed E-state index contributed by atoms with van der Waals surface area (Å²) in [5.41, 5.74) is 1.54. The predicted molar refractivity (Wildman–Crippen MR) is 157 cm³/mol. The Hall–Kier alpha value is -3.50. The molecule has 11 heteroatoms. The molecule has 220 valence electrons. The number of carbonyl (C=O) groups is 2. The number of carbonyl (C=O) groups excluding carboxylic acids is 2. The van der Waals surface area contributed by atoms with Gasteiger partial charge >= 0.3 is 0 Å². The highest BCUT2D eigenvalue weighted by Gasteiger charge is 2.31. The van der Waals surface area contributed by atoms with Crippen LogP contribution in [0.4, 0.5) is 14.5 Å². The highest BCUT2D eigenvalue weighted by Crippen LogP contribution is 2.23. The Bertz CT molecular complexity index is 1460. The molecule has 0 fully saturated rings. The van der Waals surface area contributed by atoms with Gasteiger partial charge in [-0.1, -0.05) is 54.1 Å². The van der Waals surface area contributed by atoms with Crippen LogP contribution in [0.15, 0.2) is 72.8 Å². The maximum absolute atomic E-state index is 13.8. The Balaban J connectivity index is 1.89. The lowest BCUT2D eigenvalue weighted by Crippen LogP contribution is -2.51. The molecule has 0 aliphatic rings. The van der Waals surface area contributed by atoms with Gasteiger partial charge < -0.3 is 10.2 Å². The first-order valence-electron chi connectivity index (χ1n) is 13.2. The summed E-state index contributed by atoms with van der Waals surface area (Å²) in [6.45, 7) is 3.61. The first kappa shape index (κ1) is 32.0. The van der Waals surface area contributed by atoms with Crippen LogP contribution in [0, 0.1) is 11.6 Å². The number of rotatable bonds is 13. The van der Waals surface area contributed by atoms with Gasteiger partial charge in [-0.05, 0) is 55.7 Å². The topological polar surface area (TPSA) is 86.8 Å². The van der Waals surface area contributed by atoms with Gasteiger partial charge in [-0.2, -0.15) is 0 Å². The normalized spacial score (nSPS) is 12.2. The van der Waals surface area contributed by atoms with Gasteiger partial charge in [0, 0.05) is 43.1 Å². The molecule has 3 rings (SSSR count). The molecule has 0 aliphatic heterocycles. The monoisotopic (exact) mass is 605 g/mol. The van der Waals surface area contributed by atoms with Gasteiger partial charge in [0.15, 0.2) is 11.6 Å². The molecular weight excluding hydrogens is 572 g/mol. The van der Waals surface area contributed by atoms with E-state index < -0.39 is 27.7 Å². The van der Waals surface area contributed by atoms with Crippen LogP contribution in [0.3, 0.4) is 0 Å². The first-order valence-corrected chi connectivity index (χ1v) is 15.4. The second kappa shape index (κ2) is 14.4. The number of nitrogens with zero attached hydrogens (tertiary/aromatic N) is 2. The molecular formula is C30H34ClF2N3O4S. The van der Waals surface area contributed by atoms with Crippen LogP contribution in [-0.4, -0.2) is 50.0 Å². The van der Waals surface area contributed by atoms with Gasteiger partial charge in [-0.15, -0.1) is 0 Å². The minimum absolute atomic E-state index is 0.0482. The molecule has 0 saturated carbocycles. The van der Waals surface area contributed by atoms with Crippen molar-refractivity contribution in [3.8, 4) is 0 Å². The Labute approximate surface area is 245 Å². The molecule has 0 aliphatic carbocycles. The van der Waals surface area contributed by atoms with Crippen molar-refractivity contribution in [2.45, 2.75) is 51.7 Å². The lowest BCUT2D eigenvalue weighted by molar-refractivity contribution is -0.141. The molecule has 0 heterocycles. The largest absolute Gasteiger partial charge is 0.352 e. The fraction of sp³-hybridized carbons (Fsp3) is 0.333. The summed E-state index contributed by atoms with van der Waals surface area (Å²) in [6.07, 6.45) is 1.18. The van der Waals surface area contributed by atoms with Crippen molar-refractivity contribution in [3.05, 3.63) is 101 Å². The Morgan fingerprint density at radius 3 is 2.22 bits per heavy atom. The fourth-order valence-electron chi connectivity index (χ4n) is 4.41. The van der Waals surface area contributed by atoms with Crippen LogP contribution in [0.25, 0.3) is 0 Å². The molecule has 2 amide bonds. The summed E-state index contributed by atoms with van der Waals surface area (Å²) < 4.78 is 53.2. The van der Waals surface area contributed by atoms with Gasteiger partial charge in [-0.3, -0.25) is 13.9 Å². The number of halogens is 3. The number of hydrogen-bond donors (Lipinski definition) is 1. The molecule has 1 atom stereocenters. The number of amides is 2. The molecule has 7 nitrogen and oxygen atoms in total. The average Bonchev–Trinajstić information content (AvgIpc) is 2.89. The zero-order chi connectivity index (χ0) is 30.2. The third kappa shape index (κ3) is 9.54. The maximum atomic E-state index is 13.8. The van der Waals surface area contributed by atoms with Gasteiger partial charge in [0.05, 0.1) is 11.9 Å². The highest BCUT2D eigenvalue weighted by atomic mass is 35.5.